The van der Waals surface area contributed by atoms with Gasteiger partial charge in [0.05, 0.1) is 0 Å². The van der Waals surface area contributed by atoms with Gasteiger partial charge in [0, 0.05) is 0 Å². The Hall–Kier alpha value is -0.341. The molecule has 0 saturated heterocycles. The van der Waals surface area contributed by atoms with E-state index in [1.165, 1.54) is 13.8 Å². The molecule has 0 bridgehead atoms. The molecule has 0 fully saturated rings. The van der Waals surface area contributed by atoms with Crippen molar-refractivity contribution >= 4 is 23.2 Å². The topological polar surface area (TPSA) is 51.2 Å². The van der Waals surface area contributed by atoms with E-state index in [1.54, 1.807) is 0 Å². The number of carbonyl (C=O) groups is 2. The van der Waals surface area contributed by atoms with Gasteiger partial charge in [0.25, 0.3) is 0 Å². The fourth-order valence-electron chi connectivity index (χ4n) is 0.202. The molecule has 0 atom stereocenters. The van der Waals surface area contributed by atoms with Crippen molar-refractivity contribution in [2.24, 2.45) is 0 Å². The van der Waals surface area contributed by atoms with Gasteiger partial charge in [0.2, 0.25) is 0 Å². The van der Waals surface area contributed by atoms with Crippen molar-refractivity contribution < 1.29 is 13.4 Å². The Labute approximate surface area is 51.2 Å². The van der Waals surface area contributed by atoms with Crippen molar-refractivity contribution in [3.63, 3.8) is 0 Å². The fourth-order valence-corrected chi connectivity index (χ4v) is 1.05. The normalized spacial score (nSPS) is 9.38. The molecule has 3 nitrogen and oxygen atoms in total. The molecule has 0 aliphatic heterocycles. The molecule has 0 aromatic heterocycles. The third-order valence-electron chi connectivity index (χ3n) is 0.522. The molecule has 0 radical (unpaired) electrons. The summed E-state index contributed by atoms with van der Waals surface area (Å²) in [4.78, 5) is 20.2. The van der Waals surface area contributed by atoms with Crippen LogP contribution in [0, 0.1) is 0 Å². The standard InChI is InChI=1S/C4H6O3Se/c1-3(5)8(7)4(2)6/h1-2H3. The molecule has 0 aromatic rings. The summed E-state index contributed by atoms with van der Waals surface area (Å²) in [5.74, 6) is 0. The van der Waals surface area contributed by atoms with Crippen LogP contribution in [-0.2, 0) is 13.4 Å². The molecule has 0 heterocycles. The van der Waals surface area contributed by atoms with E-state index in [2.05, 4.69) is 0 Å². The van der Waals surface area contributed by atoms with Gasteiger partial charge in [0.15, 0.2) is 0 Å². The molecule has 0 aromatic carbocycles. The summed E-state index contributed by atoms with van der Waals surface area (Å²) >= 11 is -2.75. The SMILES string of the molecule is CC(=O)[Se](=O)C(C)=O. The van der Waals surface area contributed by atoms with Gasteiger partial charge in [0.1, 0.15) is 0 Å². The van der Waals surface area contributed by atoms with Crippen molar-refractivity contribution in [2.45, 2.75) is 13.8 Å². The number of carbonyl (C=O) groups excluding carboxylic acids is 2. The number of rotatable bonds is 2. The molecule has 8 heavy (non-hydrogen) atoms. The van der Waals surface area contributed by atoms with E-state index in [1.807, 2.05) is 0 Å². The van der Waals surface area contributed by atoms with Gasteiger partial charge in [-0.25, -0.2) is 0 Å². The monoisotopic (exact) mass is 182 g/mol. The third-order valence-corrected chi connectivity index (χ3v) is 2.71. The quantitative estimate of drug-likeness (QED) is 0.548. The van der Waals surface area contributed by atoms with E-state index < -0.39 is 23.2 Å². The number of hydrogen-bond donors (Lipinski definition) is 0. The second-order valence-electron chi connectivity index (χ2n) is 1.25. The molecular formula is C4H6O3Se. The van der Waals surface area contributed by atoms with Crippen molar-refractivity contribution in [2.75, 3.05) is 0 Å². The van der Waals surface area contributed by atoms with Crippen LogP contribution < -0.4 is 0 Å². The Morgan fingerprint density at radius 1 is 1.12 bits per heavy atom. The van der Waals surface area contributed by atoms with Crippen LogP contribution in [0.3, 0.4) is 0 Å². The van der Waals surface area contributed by atoms with Crippen LogP contribution in [0.5, 0.6) is 0 Å². The van der Waals surface area contributed by atoms with Crippen LogP contribution in [0.15, 0.2) is 0 Å². The zero-order chi connectivity index (χ0) is 6.73. The first-order chi connectivity index (χ1) is 3.55. The number of hydrogen-bond acceptors (Lipinski definition) is 3. The molecular weight excluding hydrogens is 175 g/mol. The van der Waals surface area contributed by atoms with E-state index in [0.717, 1.165) is 0 Å². The van der Waals surface area contributed by atoms with Crippen LogP contribution in [-0.4, -0.2) is 23.2 Å². The summed E-state index contributed by atoms with van der Waals surface area (Å²) in [5, 5.41) is 0. The Morgan fingerprint density at radius 3 is 1.38 bits per heavy atom. The zero-order valence-corrected chi connectivity index (χ0v) is 6.35. The van der Waals surface area contributed by atoms with Crippen molar-refractivity contribution in [1.82, 2.24) is 0 Å². The third kappa shape index (κ3) is 2.09. The van der Waals surface area contributed by atoms with Crippen LogP contribution in [0.1, 0.15) is 13.8 Å². The van der Waals surface area contributed by atoms with Gasteiger partial charge in [-0.1, -0.05) is 0 Å². The molecule has 0 rings (SSSR count). The van der Waals surface area contributed by atoms with Crippen molar-refractivity contribution in [1.29, 1.82) is 0 Å². The molecule has 0 saturated carbocycles. The fraction of sp³-hybridized carbons (Fsp3) is 0.500. The van der Waals surface area contributed by atoms with Gasteiger partial charge in [-0.3, -0.25) is 0 Å². The van der Waals surface area contributed by atoms with Gasteiger partial charge in [-0.15, -0.1) is 0 Å². The van der Waals surface area contributed by atoms with E-state index in [9.17, 15) is 13.4 Å². The zero-order valence-electron chi connectivity index (χ0n) is 4.63. The Morgan fingerprint density at radius 2 is 1.38 bits per heavy atom. The van der Waals surface area contributed by atoms with Gasteiger partial charge < -0.3 is 0 Å². The first-order valence-electron chi connectivity index (χ1n) is 1.98. The summed E-state index contributed by atoms with van der Waals surface area (Å²) in [7, 11) is 0. The molecule has 4 heteroatoms. The van der Waals surface area contributed by atoms with Gasteiger partial charge in [-0.05, 0) is 0 Å². The van der Waals surface area contributed by atoms with E-state index in [0.29, 0.717) is 0 Å². The van der Waals surface area contributed by atoms with E-state index >= 15 is 0 Å². The van der Waals surface area contributed by atoms with Crippen molar-refractivity contribution in [3.8, 4) is 0 Å². The molecule has 0 amide bonds. The molecule has 0 aliphatic carbocycles. The minimum atomic E-state index is -2.75. The van der Waals surface area contributed by atoms with Gasteiger partial charge in [-0.2, -0.15) is 0 Å². The molecule has 0 unspecified atom stereocenters. The van der Waals surface area contributed by atoms with Crippen molar-refractivity contribution in [3.05, 3.63) is 0 Å². The minimum absolute atomic E-state index is 0.488. The Balaban J connectivity index is 4.05. The predicted octanol–water partition coefficient (Wildman–Crippen LogP) is -0.335. The maximum absolute atomic E-state index is 10.4. The Bertz CT molecular complexity index is 133. The Kier molecular flexibility index (Phi) is 2.72. The maximum atomic E-state index is 10.4. The van der Waals surface area contributed by atoms with Crippen LogP contribution in [0.4, 0.5) is 0 Å². The predicted molar refractivity (Wildman–Crippen MR) is 27.8 cm³/mol. The van der Waals surface area contributed by atoms with E-state index in [-0.39, 0.29) is 0 Å². The first kappa shape index (κ1) is 7.66. The van der Waals surface area contributed by atoms with Crippen LogP contribution in [0.2, 0.25) is 0 Å². The molecule has 0 N–H and O–H groups in total. The van der Waals surface area contributed by atoms with Gasteiger partial charge >= 0.3 is 50.5 Å². The first-order valence-corrected chi connectivity index (χ1v) is 4.40. The average molecular weight is 181 g/mol. The van der Waals surface area contributed by atoms with E-state index in [4.69, 9.17) is 0 Å². The summed E-state index contributed by atoms with van der Waals surface area (Å²) < 4.78 is 9.38. The summed E-state index contributed by atoms with van der Waals surface area (Å²) in [6.07, 6.45) is 0. The molecule has 0 aliphatic rings. The van der Waals surface area contributed by atoms with Crippen LogP contribution in [0.25, 0.3) is 0 Å². The summed E-state index contributed by atoms with van der Waals surface area (Å²) in [5.41, 5.74) is 0. The molecule has 46 valence electrons. The van der Waals surface area contributed by atoms with Crippen LogP contribution >= 0.6 is 0 Å². The second kappa shape index (κ2) is 2.84. The summed E-state index contributed by atoms with van der Waals surface area (Å²) in [6.45, 7) is 2.33. The summed E-state index contributed by atoms with van der Waals surface area (Å²) in [6, 6.07) is 0. The molecule has 0 spiro atoms. The second-order valence-corrected chi connectivity index (χ2v) is 4.79. The average Bonchev–Trinajstić information content (AvgIpc) is 1.64.